The summed E-state index contributed by atoms with van der Waals surface area (Å²) in [6, 6.07) is 1.32. The molecule has 1 N–H and O–H groups in total. The molecule has 3 rings (SSSR count). The van der Waals surface area contributed by atoms with Gasteiger partial charge in [0.1, 0.15) is 0 Å². The van der Waals surface area contributed by atoms with Crippen molar-refractivity contribution in [3.8, 4) is 0 Å². The largest absolute Gasteiger partial charge is 0.321 e. The minimum atomic E-state index is 0.566. The van der Waals surface area contributed by atoms with Crippen molar-refractivity contribution in [3.05, 3.63) is 15.9 Å². The van der Waals surface area contributed by atoms with Crippen LogP contribution in [0.4, 0.5) is 0 Å². The Morgan fingerprint density at radius 1 is 1.00 bits per heavy atom. The lowest BCUT2D eigenvalue weighted by Crippen LogP contribution is -2.31. The second-order valence-corrected chi connectivity index (χ2v) is 8.76. The van der Waals surface area contributed by atoms with Gasteiger partial charge in [-0.15, -0.1) is 11.3 Å². The third-order valence-electron chi connectivity index (χ3n) is 5.98. The molecule has 3 nitrogen and oxygen atoms in total. The monoisotopic (exact) mass is 363 g/mol. The Morgan fingerprint density at radius 2 is 1.64 bits per heavy atom. The van der Waals surface area contributed by atoms with Gasteiger partial charge in [-0.1, -0.05) is 51.4 Å². The number of nitrogens with one attached hydrogen (secondary N) is 1. The summed E-state index contributed by atoms with van der Waals surface area (Å²) in [7, 11) is 0. The fourth-order valence-corrected chi connectivity index (χ4v) is 5.50. The molecule has 1 aromatic rings. The molecular formula is C21H37N3S. The van der Waals surface area contributed by atoms with E-state index in [0.29, 0.717) is 6.04 Å². The van der Waals surface area contributed by atoms with Crippen LogP contribution in [0.15, 0.2) is 10.4 Å². The average molecular weight is 364 g/mol. The van der Waals surface area contributed by atoms with E-state index in [-0.39, 0.29) is 0 Å². The highest BCUT2D eigenvalue weighted by Crippen LogP contribution is 2.20. The Balaban J connectivity index is 1.57. The third-order valence-corrected chi connectivity index (χ3v) is 6.91. The van der Waals surface area contributed by atoms with Crippen molar-refractivity contribution in [2.45, 2.75) is 109 Å². The van der Waals surface area contributed by atoms with Crippen LogP contribution < -0.4 is 10.1 Å². The Labute approximate surface area is 158 Å². The number of thiazole rings is 1. The molecule has 0 atom stereocenters. The van der Waals surface area contributed by atoms with Crippen molar-refractivity contribution in [2.24, 2.45) is 4.99 Å². The lowest BCUT2D eigenvalue weighted by atomic mass is 10.1. The lowest BCUT2D eigenvalue weighted by Gasteiger charge is -2.16. The molecule has 25 heavy (non-hydrogen) atoms. The summed E-state index contributed by atoms with van der Waals surface area (Å²) < 4.78 is 2.46. The van der Waals surface area contributed by atoms with Crippen molar-refractivity contribution in [1.29, 1.82) is 0 Å². The maximum absolute atomic E-state index is 5.14. The van der Waals surface area contributed by atoms with Crippen molar-refractivity contribution in [1.82, 2.24) is 9.88 Å². The van der Waals surface area contributed by atoms with E-state index in [1.54, 1.807) is 0 Å². The van der Waals surface area contributed by atoms with Crippen molar-refractivity contribution >= 4 is 11.3 Å². The fraction of sp³-hybridized carbons (Fsp3) is 0.857. The van der Waals surface area contributed by atoms with Crippen molar-refractivity contribution in [3.63, 3.8) is 0 Å². The van der Waals surface area contributed by atoms with Crippen molar-refractivity contribution in [2.75, 3.05) is 6.54 Å². The van der Waals surface area contributed by atoms with E-state index in [1.165, 1.54) is 87.5 Å². The number of aromatic nitrogens is 1. The maximum Gasteiger partial charge on any atom is 0.185 e. The first-order valence-corrected chi connectivity index (χ1v) is 11.7. The molecule has 4 heteroatoms. The molecule has 2 fully saturated rings. The summed E-state index contributed by atoms with van der Waals surface area (Å²) in [6.45, 7) is 4.43. The lowest BCUT2D eigenvalue weighted by molar-refractivity contribution is 0.459. The maximum atomic E-state index is 5.14. The van der Waals surface area contributed by atoms with Crippen LogP contribution in [0.3, 0.4) is 0 Å². The molecule has 0 saturated heterocycles. The zero-order valence-corrected chi connectivity index (χ0v) is 17.0. The van der Waals surface area contributed by atoms with E-state index < -0.39 is 0 Å². The van der Waals surface area contributed by atoms with Gasteiger partial charge in [-0.05, 0) is 32.6 Å². The predicted molar refractivity (Wildman–Crippen MR) is 108 cm³/mol. The van der Waals surface area contributed by atoms with Crippen LogP contribution in [0.1, 0.15) is 89.7 Å². The number of rotatable bonds is 6. The molecule has 0 aliphatic heterocycles. The van der Waals surface area contributed by atoms with Gasteiger partial charge in [-0.3, -0.25) is 4.99 Å². The van der Waals surface area contributed by atoms with Gasteiger partial charge in [-0.25, -0.2) is 0 Å². The van der Waals surface area contributed by atoms with E-state index in [9.17, 15) is 0 Å². The second kappa shape index (κ2) is 10.5. The van der Waals surface area contributed by atoms with Crippen LogP contribution in [0.2, 0.25) is 0 Å². The first-order valence-electron chi connectivity index (χ1n) is 10.8. The average Bonchev–Trinajstić information content (AvgIpc) is 2.83. The van der Waals surface area contributed by atoms with E-state index in [0.717, 1.165) is 25.6 Å². The number of hydrogen-bond acceptors (Lipinski definition) is 3. The molecule has 142 valence electrons. The summed E-state index contributed by atoms with van der Waals surface area (Å²) >= 11 is 1.86. The minimum absolute atomic E-state index is 0.566. The Kier molecular flexibility index (Phi) is 8.06. The van der Waals surface area contributed by atoms with E-state index in [2.05, 4.69) is 22.2 Å². The van der Waals surface area contributed by atoms with E-state index in [4.69, 9.17) is 4.99 Å². The number of nitrogens with zero attached hydrogens (tertiary/aromatic N) is 2. The second-order valence-electron chi connectivity index (χ2n) is 7.92. The molecule has 1 aromatic heterocycles. The van der Waals surface area contributed by atoms with E-state index >= 15 is 0 Å². The van der Waals surface area contributed by atoms with Crippen molar-refractivity contribution < 1.29 is 0 Å². The van der Waals surface area contributed by atoms with Gasteiger partial charge >= 0.3 is 0 Å². The Bertz CT molecular complexity index is 544. The molecule has 0 aromatic carbocycles. The van der Waals surface area contributed by atoms with Gasteiger partial charge in [0, 0.05) is 36.6 Å². The van der Waals surface area contributed by atoms with Crippen LogP contribution in [0, 0.1) is 0 Å². The smallest absolute Gasteiger partial charge is 0.185 e. The summed E-state index contributed by atoms with van der Waals surface area (Å²) in [4.78, 5) is 6.40. The highest BCUT2D eigenvalue weighted by Gasteiger charge is 2.13. The van der Waals surface area contributed by atoms with Gasteiger partial charge in [0.15, 0.2) is 4.80 Å². The highest BCUT2D eigenvalue weighted by molar-refractivity contribution is 7.07. The summed E-state index contributed by atoms with van der Waals surface area (Å²) in [5, 5.41) is 6.18. The minimum Gasteiger partial charge on any atom is -0.321 e. The topological polar surface area (TPSA) is 29.3 Å². The zero-order chi connectivity index (χ0) is 17.3. The molecule has 0 spiro atoms. The van der Waals surface area contributed by atoms with Gasteiger partial charge in [-0.2, -0.15) is 0 Å². The molecule has 1 heterocycles. The molecular weight excluding hydrogens is 326 g/mol. The summed E-state index contributed by atoms with van der Waals surface area (Å²) in [5.41, 5.74) is 1.47. The third kappa shape index (κ3) is 5.96. The summed E-state index contributed by atoms with van der Waals surface area (Å²) in [6.07, 6.45) is 17.7. The molecule has 0 bridgehead atoms. The highest BCUT2D eigenvalue weighted by atomic mass is 32.1. The Hall–Kier alpha value is -0.610. The van der Waals surface area contributed by atoms with Crippen LogP contribution in [0.25, 0.3) is 0 Å². The summed E-state index contributed by atoms with van der Waals surface area (Å²) in [5.74, 6) is 0. The van der Waals surface area contributed by atoms with Gasteiger partial charge in [0.05, 0.1) is 6.04 Å². The zero-order valence-electron chi connectivity index (χ0n) is 16.1. The SMILES string of the molecule is CCn1c(CCNC2CCCCCC2)csc1=NC1CCCCCC1. The fourth-order valence-electron chi connectivity index (χ4n) is 4.43. The van der Waals surface area contributed by atoms with Crippen LogP contribution in [-0.4, -0.2) is 23.2 Å². The first-order chi connectivity index (χ1) is 12.4. The van der Waals surface area contributed by atoms with E-state index in [1.807, 2.05) is 11.3 Å². The number of hydrogen-bond donors (Lipinski definition) is 1. The van der Waals surface area contributed by atoms with Gasteiger partial charge in [0.25, 0.3) is 0 Å². The predicted octanol–water partition coefficient (Wildman–Crippen LogP) is 5.05. The van der Waals surface area contributed by atoms with Crippen LogP contribution in [-0.2, 0) is 13.0 Å². The standard InChI is InChI=1S/C21H37N3S/c1-2-24-20(15-16-22-18-11-7-3-4-8-12-18)17-25-21(24)23-19-13-9-5-6-10-14-19/h17-19,22H,2-16H2,1H3. The normalized spacial score (nSPS) is 22.0. The van der Waals surface area contributed by atoms with Gasteiger partial charge < -0.3 is 9.88 Å². The van der Waals surface area contributed by atoms with Gasteiger partial charge in [0.2, 0.25) is 0 Å². The quantitative estimate of drug-likeness (QED) is 0.704. The molecule has 0 radical (unpaired) electrons. The molecule has 2 aliphatic carbocycles. The first kappa shape index (κ1) is 19.2. The Morgan fingerprint density at radius 3 is 2.28 bits per heavy atom. The van der Waals surface area contributed by atoms with Crippen LogP contribution in [0.5, 0.6) is 0 Å². The molecule has 0 unspecified atom stereocenters. The molecule has 0 amide bonds. The molecule has 2 aliphatic rings. The van der Waals surface area contributed by atoms with Crippen LogP contribution >= 0.6 is 11.3 Å². The molecule has 2 saturated carbocycles.